The molecule has 0 fully saturated rings. The molecule has 0 amide bonds. The Bertz CT molecular complexity index is 1050. The monoisotopic (exact) mass is 333 g/mol. The second-order valence-corrected chi connectivity index (χ2v) is 5.39. The number of rotatable bonds is 3. The number of nitro benzene ring substituents is 1. The molecule has 7 heteroatoms. The van der Waals surface area contributed by atoms with Gasteiger partial charge in [-0.2, -0.15) is 0 Å². The maximum absolute atomic E-state index is 10.9. The van der Waals surface area contributed by atoms with E-state index in [0.717, 1.165) is 16.8 Å². The first-order valence-corrected chi connectivity index (χ1v) is 7.41. The molecule has 1 aliphatic rings. The fourth-order valence-corrected chi connectivity index (χ4v) is 2.60. The van der Waals surface area contributed by atoms with Crippen molar-refractivity contribution in [3.05, 3.63) is 69.9 Å². The quantitative estimate of drug-likeness (QED) is 0.571. The molecule has 0 bridgehead atoms. The number of fused-ring (bicyclic) bond motifs is 1. The number of allylic oxidation sites excluding steroid dienone is 1. The highest BCUT2D eigenvalue weighted by molar-refractivity contribution is 6.21. The van der Waals surface area contributed by atoms with Gasteiger partial charge < -0.3 is 9.52 Å². The number of aromatic hydroxyl groups is 1. The van der Waals surface area contributed by atoms with E-state index in [1.54, 1.807) is 18.4 Å². The van der Waals surface area contributed by atoms with Gasteiger partial charge in [-0.25, -0.2) is 4.98 Å². The Morgan fingerprint density at radius 3 is 2.84 bits per heavy atom. The molecule has 0 spiro atoms. The second-order valence-electron chi connectivity index (χ2n) is 5.39. The summed E-state index contributed by atoms with van der Waals surface area (Å²) < 4.78 is 5.27. The highest BCUT2D eigenvalue weighted by Gasteiger charge is 2.17. The van der Waals surface area contributed by atoms with E-state index >= 15 is 0 Å². The van der Waals surface area contributed by atoms with Gasteiger partial charge in [0.15, 0.2) is 0 Å². The van der Waals surface area contributed by atoms with E-state index in [0.29, 0.717) is 5.56 Å². The zero-order chi connectivity index (χ0) is 17.4. The number of oxazole rings is 1. The summed E-state index contributed by atoms with van der Waals surface area (Å²) in [5.74, 6) is -0.247. The third-order valence-corrected chi connectivity index (χ3v) is 3.79. The summed E-state index contributed by atoms with van der Waals surface area (Å²) in [5, 5.41) is 20.9. The van der Waals surface area contributed by atoms with Gasteiger partial charge in [0.05, 0.1) is 10.6 Å². The summed E-state index contributed by atoms with van der Waals surface area (Å²) in [6.07, 6.45) is 3.35. The lowest BCUT2D eigenvalue weighted by molar-refractivity contribution is -0.384. The number of hydrogen-bond acceptors (Lipinski definition) is 6. The van der Waals surface area contributed by atoms with Crippen molar-refractivity contribution in [1.29, 1.82) is 0 Å². The molecule has 3 aromatic rings. The van der Waals surface area contributed by atoms with E-state index in [9.17, 15) is 15.2 Å². The van der Waals surface area contributed by atoms with Gasteiger partial charge in [0.25, 0.3) is 5.69 Å². The SMILES string of the molecule is O=[N+]([O-])c1cccc(-c2nc(C=C3C=Nc4ccccc43)c(O)o2)c1. The number of nitrogens with zero attached hydrogens (tertiary/aromatic N) is 3. The highest BCUT2D eigenvalue weighted by Crippen LogP contribution is 2.35. The van der Waals surface area contributed by atoms with Crippen molar-refractivity contribution in [2.24, 2.45) is 4.99 Å². The standard InChI is InChI=1S/C18H11N3O4/c22-18-16(9-12-10-19-15-7-2-1-6-14(12)15)20-17(25-18)11-4-3-5-13(8-11)21(23)24/h1-10,22H. The summed E-state index contributed by atoms with van der Waals surface area (Å²) in [7, 11) is 0. The molecular formula is C18H11N3O4. The minimum atomic E-state index is -0.499. The van der Waals surface area contributed by atoms with Crippen molar-refractivity contribution in [1.82, 2.24) is 4.98 Å². The van der Waals surface area contributed by atoms with Crippen LogP contribution in [0.2, 0.25) is 0 Å². The Morgan fingerprint density at radius 1 is 1.16 bits per heavy atom. The van der Waals surface area contributed by atoms with E-state index in [-0.39, 0.29) is 23.2 Å². The van der Waals surface area contributed by atoms with Crippen molar-refractivity contribution in [3.8, 4) is 17.4 Å². The van der Waals surface area contributed by atoms with Crippen LogP contribution in [0.4, 0.5) is 11.4 Å². The molecule has 1 aliphatic heterocycles. The van der Waals surface area contributed by atoms with Gasteiger partial charge in [-0.05, 0) is 18.2 Å². The first-order valence-electron chi connectivity index (χ1n) is 7.41. The molecule has 4 rings (SSSR count). The van der Waals surface area contributed by atoms with Gasteiger partial charge in [-0.3, -0.25) is 15.1 Å². The lowest BCUT2D eigenvalue weighted by Gasteiger charge is -1.97. The minimum Gasteiger partial charge on any atom is -0.479 e. The molecule has 0 aliphatic carbocycles. The van der Waals surface area contributed by atoms with Gasteiger partial charge in [-0.15, -0.1) is 0 Å². The molecule has 0 saturated heterocycles. The molecule has 0 radical (unpaired) electrons. The van der Waals surface area contributed by atoms with E-state index in [1.165, 1.54) is 18.2 Å². The van der Waals surface area contributed by atoms with Gasteiger partial charge in [-0.1, -0.05) is 24.3 Å². The van der Waals surface area contributed by atoms with Crippen LogP contribution in [-0.4, -0.2) is 21.2 Å². The Kier molecular flexibility index (Phi) is 3.39. The molecule has 0 saturated carbocycles. The Balaban J connectivity index is 1.73. The summed E-state index contributed by atoms with van der Waals surface area (Å²) >= 11 is 0. The van der Waals surface area contributed by atoms with Crippen LogP contribution in [0.15, 0.2) is 57.9 Å². The van der Waals surface area contributed by atoms with Crippen molar-refractivity contribution in [2.75, 3.05) is 0 Å². The Hall–Kier alpha value is -3.74. The summed E-state index contributed by atoms with van der Waals surface area (Å²) in [5.41, 5.74) is 3.14. The number of non-ortho nitro benzene ring substituents is 1. The van der Waals surface area contributed by atoms with Crippen LogP contribution in [-0.2, 0) is 0 Å². The molecule has 1 N–H and O–H groups in total. The zero-order valence-corrected chi connectivity index (χ0v) is 12.8. The van der Waals surface area contributed by atoms with Gasteiger partial charge >= 0.3 is 5.95 Å². The average Bonchev–Trinajstić information content (AvgIpc) is 3.20. The lowest BCUT2D eigenvalue weighted by atomic mass is 10.1. The van der Waals surface area contributed by atoms with Crippen molar-refractivity contribution < 1.29 is 14.4 Å². The number of para-hydroxylation sites is 1. The van der Waals surface area contributed by atoms with Crippen LogP contribution < -0.4 is 0 Å². The summed E-state index contributed by atoms with van der Waals surface area (Å²) in [6, 6.07) is 13.5. The number of nitro groups is 1. The maximum Gasteiger partial charge on any atom is 0.310 e. The average molecular weight is 333 g/mol. The van der Waals surface area contributed by atoms with Crippen LogP contribution in [0.25, 0.3) is 23.1 Å². The molecule has 7 nitrogen and oxygen atoms in total. The van der Waals surface area contributed by atoms with Crippen LogP contribution in [0.5, 0.6) is 5.95 Å². The third kappa shape index (κ3) is 2.67. The normalized spacial score (nSPS) is 14.0. The smallest absolute Gasteiger partial charge is 0.310 e. The van der Waals surface area contributed by atoms with Gasteiger partial charge in [0.2, 0.25) is 5.89 Å². The van der Waals surface area contributed by atoms with Gasteiger partial charge in [0, 0.05) is 35.0 Å². The molecule has 122 valence electrons. The largest absolute Gasteiger partial charge is 0.479 e. The highest BCUT2D eigenvalue weighted by atomic mass is 16.6. The third-order valence-electron chi connectivity index (χ3n) is 3.79. The lowest BCUT2D eigenvalue weighted by Crippen LogP contribution is -1.88. The van der Waals surface area contributed by atoms with E-state index < -0.39 is 4.92 Å². The molecule has 1 aromatic heterocycles. The van der Waals surface area contributed by atoms with Crippen molar-refractivity contribution in [2.45, 2.75) is 0 Å². The molecule has 2 heterocycles. The van der Waals surface area contributed by atoms with E-state index in [1.807, 2.05) is 24.3 Å². The number of benzene rings is 2. The molecule has 25 heavy (non-hydrogen) atoms. The van der Waals surface area contributed by atoms with Crippen LogP contribution >= 0.6 is 0 Å². The number of hydrogen-bond donors (Lipinski definition) is 1. The first-order chi connectivity index (χ1) is 12.1. The number of aromatic nitrogens is 1. The van der Waals surface area contributed by atoms with E-state index in [4.69, 9.17) is 4.42 Å². The Morgan fingerprint density at radius 2 is 2.00 bits per heavy atom. The van der Waals surface area contributed by atoms with Crippen LogP contribution in [0, 0.1) is 10.1 Å². The first kappa shape index (κ1) is 14.8. The fraction of sp³-hybridized carbons (Fsp3) is 0. The van der Waals surface area contributed by atoms with Crippen molar-refractivity contribution >= 4 is 29.2 Å². The second kappa shape index (κ2) is 5.72. The Labute approximate surface area is 141 Å². The number of aliphatic imine (C=N–C) groups is 1. The summed E-state index contributed by atoms with van der Waals surface area (Å²) in [4.78, 5) is 18.9. The predicted octanol–water partition coefficient (Wildman–Crippen LogP) is 4.21. The molecule has 0 atom stereocenters. The zero-order valence-electron chi connectivity index (χ0n) is 12.8. The summed E-state index contributed by atoms with van der Waals surface area (Å²) in [6.45, 7) is 0. The molecule has 0 unspecified atom stereocenters. The molecule has 2 aromatic carbocycles. The fourth-order valence-electron chi connectivity index (χ4n) is 2.60. The predicted molar refractivity (Wildman–Crippen MR) is 92.7 cm³/mol. The topological polar surface area (TPSA) is 102 Å². The van der Waals surface area contributed by atoms with Crippen LogP contribution in [0.1, 0.15) is 11.3 Å². The van der Waals surface area contributed by atoms with Crippen LogP contribution in [0.3, 0.4) is 0 Å². The van der Waals surface area contributed by atoms with Gasteiger partial charge in [0.1, 0.15) is 5.69 Å². The maximum atomic E-state index is 10.9. The van der Waals surface area contributed by atoms with Crippen molar-refractivity contribution in [3.63, 3.8) is 0 Å². The molecular weight excluding hydrogens is 322 g/mol. The van der Waals surface area contributed by atoms with E-state index in [2.05, 4.69) is 9.98 Å². The minimum absolute atomic E-state index is 0.0769.